The summed E-state index contributed by atoms with van der Waals surface area (Å²) in [5.74, 6) is 0.717. The smallest absolute Gasteiger partial charge is 0.336 e. The normalized spacial score (nSPS) is 19.1. The number of benzene rings is 2. The van der Waals surface area contributed by atoms with Crippen molar-refractivity contribution in [2.45, 2.75) is 18.9 Å². The van der Waals surface area contributed by atoms with Crippen molar-refractivity contribution in [3.8, 4) is 17.2 Å². The van der Waals surface area contributed by atoms with E-state index in [0.29, 0.717) is 21.5 Å². The van der Waals surface area contributed by atoms with E-state index in [1.807, 2.05) is 24.3 Å². The molecule has 0 spiro atoms. The summed E-state index contributed by atoms with van der Waals surface area (Å²) >= 11 is 6.68. The Morgan fingerprint density at radius 2 is 1.91 bits per heavy atom. The van der Waals surface area contributed by atoms with Crippen LogP contribution in [-0.2, 0) is 14.3 Å². The van der Waals surface area contributed by atoms with Gasteiger partial charge in [-0.3, -0.25) is 9.69 Å². The number of thiocarbonyl (C=S) groups is 1. The fourth-order valence-corrected chi connectivity index (χ4v) is 4.96. The van der Waals surface area contributed by atoms with Crippen LogP contribution in [0.2, 0.25) is 0 Å². The van der Waals surface area contributed by atoms with Crippen molar-refractivity contribution in [2.75, 3.05) is 27.4 Å². The Kier molecular flexibility index (Phi) is 8.22. The molecule has 0 bridgehead atoms. The summed E-state index contributed by atoms with van der Waals surface area (Å²) < 4.78 is 22.1. The first-order valence-electron chi connectivity index (χ1n) is 11.1. The van der Waals surface area contributed by atoms with Crippen molar-refractivity contribution in [1.82, 2.24) is 4.90 Å². The zero-order chi connectivity index (χ0) is 24.8. The SMILES string of the molecule is COc1ccc(/C=C/C(=O)Oc2ccc(/C=C3\SC(=S)N(C[C@H]4CCCO4)C3=O)cc2OC)cc1. The molecule has 182 valence electrons. The number of hydrogen-bond acceptors (Lipinski definition) is 8. The van der Waals surface area contributed by atoms with E-state index in [9.17, 15) is 9.59 Å². The fraction of sp³-hybridized carbons (Fsp3) is 0.269. The topological polar surface area (TPSA) is 74.3 Å². The first-order valence-corrected chi connectivity index (χ1v) is 12.3. The zero-order valence-electron chi connectivity index (χ0n) is 19.4. The number of rotatable bonds is 8. The molecule has 2 saturated heterocycles. The van der Waals surface area contributed by atoms with E-state index >= 15 is 0 Å². The Morgan fingerprint density at radius 1 is 1.14 bits per heavy atom. The Morgan fingerprint density at radius 3 is 2.60 bits per heavy atom. The van der Waals surface area contributed by atoms with Crippen LogP contribution in [0.4, 0.5) is 0 Å². The van der Waals surface area contributed by atoms with Gasteiger partial charge in [-0.15, -0.1) is 0 Å². The van der Waals surface area contributed by atoms with Crippen LogP contribution in [0.15, 0.2) is 53.4 Å². The molecule has 0 unspecified atom stereocenters. The van der Waals surface area contributed by atoms with Crippen molar-refractivity contribution in [1.29, 1.82) is 0 Å². The lowest BCUT2D eigenvalue weighted by molar-refractivity contribution is -0.129. The second-order valence-electron chi connectivity index (χ2n) is 7.87. The fourth-order valence-electron chi connectivity index (χ4n) is 3.68. The molecule has 1 amide bonds. The standard InChI is InChI=1S/C26H25NO6S2/c1-30-19-9-5-17(6-10-19)8-12-24(28)33-21-11-7-18(14-22(21)31-2)15-23-25(29)27(26(34)35-23)16-20-4-3-13-32-20/h5-12,14-15,20H,3-4,13,16H2,1-2H3/b12-8+,23-15-/t20-/m1/s1. The lowest BCUT2D eigenvalue weighted by atomic mass is 10.1. The average Bonchev–Trinajstić information content (AvgIpc) is 3.48. The number of amides is 1. The molecule has 35 heavy (non-hydrogen) atoms. The molecule has 0 N–H and O–H groups in total. The zero-order valence-corrected chi connectivity index (χ0v) is 21.0. The molecule has 2 aliphatic rings. The molecule has 7 nitrogen and oxygen atoms in total. The number of hydrogen-bond donors (Lipinski definition) is 0. The van der Waals surface area contributed by atoms with Gasteiger partial charge >= 0.3 is 5.97 Å². The molecule has 0 radical (unpaired) electrons. The third-order valence-corrected chi connectivity index (χ3v) is 6.89. The van der Waals surface area contributed by atoms with Crippen molar-refractivity contribution >= 4 is 52.3 Å². The first kappa shape index (κ1) is 25.0. The van der Waals surface area contributed by atoms with E-state index in [2.05, 4.69) is 0 Å². The van der Waals surface area contributed by atoms with Crippen molar-refractivity contribution in [2.24, 2.45) is 0 Å². The minimum absolute atomic E-state index is 0.0321. The van der Waals surface area contributed by atoms with E-state index in [-0.39, 0.29) is 17.8 Å². The quantitative estimate of drug-likeness (QED) is 0.219. The van der Waals surface area contributed by atoms with Crippen molar-refractivity contribution in [3.05, 3.63) is 64.6 Å². The van der Waals surface area contributed by atoms with E-state index in [1.54, 1.807) is 42.4 Å². The van der Waals surface area contributed by atoms with Gasteiger partial charge < -0.3 is 18.9 Å². The van der Waals surface area contributed by atoms with Gasteiger partial charge in [0.1, 0.15) is 10.1 Å². The number of nitrogens with zero attached hydrogens (tertiary/aromatic N) is 1. The summed E-state index contributed by atoms with van der Waals surface area (Å²) in [6.07, 6.45) is 6.72. The molecule has 1 atom stereocenters. The van der Waals surface area contributed by atoms with Crippen LogP contribution >= 0.6 is 24.0 Å². The Labute approximate surface area is 213 Å². The van der Waals surface area contributed by atoms with Gasteiger partial charge in [0.25, 0.3) is 5.91 Å². The highest BCUT2D eigenvalue weighted by atomic mass is 32.2. The maximum absolute atomic E-state index is 12.9. The molecule has 2 aromatic rings. The van der Waals surface area contributed by atoms with Crippen LogP contribution in [0.1, 0.15) is 24.0 Å². The molecule has 0 aliphatic carbocycles. The van der Waals surface area contributed by atoms with Crippen molar-refractivity contribution < 1.29 is 28.5 Å². The molecule has 4 rings (SSSR count). The first-order chi connectivity index (χ1) is 17.0. The van der Waals surface area contributed by atoms with Crippen molar-refractivity contribution in [3.63, 3.8) is 0 Å². The van der Waals surface area contributed by atoms with E-state index in [0.717, 1.165) is 36.3 Å². The second kappa shape index (κ2) is 11.5. The third-order valence-electron chi connectivity index (χ3n) is 5.51. The molecule has 2 fully saturated rings. The molecule has 9 heteroatoms. The molecule has 0 saturated carbocycles. The van der Waals surface area contributed by atoms with Gasteiger partial charge in [0.15, 0.2) is 11.5 Å². The second-order valence-corrected chi connectivity index (χ2v) is 9.54. The maximum Gasteiger partial charge on any atom is 0.336 e. The van der Waals surface area contributed by atoms with E-state index in [4.69, 9.17) is 31.2 Å². The van der Waals surface area contributed by atoms with Gasteiger partial charge in [-0.2, -0.15) is 0 Å². The van der Waals surface area contributed by atoms with Gasteiger partial charge in [0, 0.05) is 12.7 Å². The molecular weight excluding hydrogens is 486 g/mol. The summed E-state index contributed by atoms with van der Waals surface area (Å²) in [6, 6.07) is 12.4. The summed E-state index contributed by atoms with van der Waals surface area (Å²) in [5.41, 5.74) is 1.56. The highest BCUT2D eigenvalue weighted by molar-refractivity contribution is 8.26. The molecule has 0 aromatic heterocycles. The highest BCUT2D eigenvalue weighted by Crippen LogP contribution is 2.35. The van der Waals surface area contributed by atoms with Crippen LogP contribution in [0.3, 0.4) is 0 Å². The van der Waals surface area contributed by atoms with E-state index in [1.165, 1.54) is 24.9 Å². The highest BCUT2D eigenvalue weighted by Gasteiger charge is 2.34. The molecular formula is C26H25NO6S2. The minimum atomic E-state index is -0.540. The predicted molar refractivity (Wildman–Crippen MR) is 140 cm³/mol. The molecule has 2 aliphatic heterocycles. The van der Waals surface area contributed by atoms with Crippen LogP contribution in [-0.4, -0.2) is 54.6 Å². The van der Waals surface area contributed by atoms with Gasteiger partial charge in [-0.1, -0.05) is 42.2 Å². The van der Waals surface area contributed by atoms with Crippen LogP contribution in [0.5, 0.6) is 17.2 Å². The molecule has 2 heterocycles. The summed E-state index contributed by atoms with van der Waals surface area (Å²) in [4.78, 5) is 27.3. The lowest BCUT2D eigenvalue weighted by Gasteiger charge is -2.18. The number of thioether (sulfide) groups is 1. The average molecular weight is 512 g/mol. The van der Waals surface area contributed by atoms with Gasteiger partial charge in [-0.25, -0.2) is 4.79 Å². The summed E-state index contributed by atoms with van der Waals surface area (Å²) in [5, 5.41) is 0. The Bertz CT molecular complexity index is 1170. The predicted octanol–water partition coefficient (Wildman–Crippen LogP) is 4.70. The minimum Gasteiger partial charge on any atom is -0.497 e. The van der Waals surface area contributed by atoms with Gasteiger partial charge in [0.2, 0.25) is 0 Å². The monoisotopic (exact) mass is 511 g/mol. The largest absolute Gasteiger partial charge is 0.497 e. The number of carbonyl (C=O) groups excluding carboxylic acids is 2. The number of esters is 1. The van der Waals surface area contributed by atoms with Crippen LogP contribution in [0, 0.1) is 0 Å². The summed E-state index contributed by atoms with van der Waals surface area (Å²) in [7, 11) is 3.09. The Hall–Kier alpha value is -3.14. The van der Waals surface area contributed by atoms with Crippen LogP contribution < -0.4 is 14.2 Å². The summed E-state index contributed by atoms with van der Waals surface area (Å²) in [6.45, 7) is 1.20. The Balaban J connectivity index is 1.42. The maximum atomic E-state index is 12.9. The number of carbonyl (C=O) groups is 2. The van der Waals surface area contributed by atoms with Crippen LogP contribution in [0.25, 0.3) is 12.2 Å². The van der Waals surface area contributed by atoms with Gasteiger partial charge in [0.05, 0.1) is 31.8 Å². The van der Waals surface area contributed by atoms with Gasteiger partial charge in [-0.05, 0) is 60.4 Å². The number of ether oxygens (including phenoxy) is 4. The number of methoxy groups -OCH3 is 2. The third kappa shape index (κ3) is 6.30. The lowest BCUT2D eigenvalue weighted by Crippen LogP contribution is -2.35. The van der Waals surface area contributed by atoms with E-state index < -0.39 is 5.97 Å². The molecule has 2 aromatic carbocycles.